The maximum absolute atomic E-state index is 11.7. The van der Waals surface area contributed by atoms with E-state index in [1.165, 1.54) is 4.88 Å². The van der Waals surface area contributed by atoms with E-state index in [1.54, 1.807) is 11.3 Å². The quantitative estimate of drug-likeness (QED) is 0.815. The number of rotatable bonds is 3. The van der Waals surface area contributed by atoms with Crippen molar-refractivity contribution in [2.45, 2.75) is 39.1 Å². The van der Waals surface area contributed by atoms with E-state index in [4.69, 9.17) is 11.6 Å². The van der Waals surface area contributed by atoms with Gasteiger partial charge in [0.2, 0.25) is 5.91 Å². The SMILES string of the molecule is Cc1cc(C(Cl)C(=O)NC(C)C)c(C)s1. The van der Waals surface area contributed by atoms with E-state index in [0.29, 0.717) is 0 Å². The summed E-state index contributed by atoms with van der Waals surface area (Å²) in [5, 5.41) is 2.24. The van der Waals surface area contributed by atoms with Gasteiger partial charge in [-0.3, -0.25) is 4.79 Å². The van der Waals surface area contributed by atoms with Crippen LogP contribution in [0.2, 0.25) is 0 Å². The van der Waals surface area contributed by atoms with Crippen molar-refractivity contribution in [3.8, 4) is 0 Å². The number of hydrogen-bond donors (Lipinski definition) is 1. The minimum atomic E-state index is -0.572. The van der Waals surface area contributed by atoms with Crippen molar-refractivity contribution >= 4 is 28.8 Å². The second-order valence-corrected chi connectivity index (χ2v) is 5.79. The van der Waals surface area contributed by atoms with Crippen LogP contribution in [-0.2, 0) is 4.79 Å². The first kappa shape index (κ1) is 12.5. The van der Waals surface area contributed by atoms with Crippen LogP contribution in [0.1, 0.15) is 34.5 Å². The maximum atomic E-state index is 11.7. The Bertz CT molecular complexity index is 359. The van der Waals surface area contributed by atoms with E-state index < -0.39 is 5.38 Å². The average molecular weight is 246 g/mol. The topological polar surface area (TPSA) is 29.1 Å². The van der Waals surface area contributed by atoms with Crippen LogP contribution in [0, 0.1) is 13.8 Å². The summed E-state index contributed by atoms with van der Waals surface area (Å²) in [5.41, 5.74) is 0.928. The molecule has 0 aliphatic rings. The molecule has 0 aliphatic heterocycles. The lowest BCUT2D eigenvalue weighted by Gasteiger charge is -2.12. The van der Waals surface area contributed by atoms with Gasteiger partial charge < -0.3 is 5.32 Å². The summed E-state index contributed by atoms with van der Waals surface area (Å²) in [4.78, 5) is 14.0. The summed E-state index contributed by atoms with van der Waals surface area (Å²) in [6.07, 6.45) is 0. The van der Waals surface area contributed by atoms with Gasteiger partial charge in [-0.2, -0.15) is 0 Å². The van der Waals surface area contributed by atoms with Crippen molar-refractivity contribution in [3.63, 3.8) is 0 Å². The smallest absolute Gasteiger partial charge is 0.242 e. The van der Waals surface area contributed by atoms with E-state index in [-0.39, 0.29) is 11.9 Å². The first-order valence-corrected chi connectivity index (χ1v) is 6.18. The number of nitrogens with one attached hydrogen (secondary N) is 1. The number of carbonyl (C=O) groups is 1. The Hall–Kier alpha value is -0.540. The zero-order valence-corrected chi connectivity index (χ0v) is 11.0. The summed E-state index contributed by atoms with van der Waals surface area (Å²) in [6, 6.07) is 2.11. The Kier molecular flexibility index (Phi) is 4.17. The molecule has 0 fully saturated rings. The lowest BCUT2D eigenvalue weighted by Crippen LogP contribution is -2.32. The second-order valence-electron chi connectivity index (χ2n) is 3.89. The fourth-order valence-corrected chi connectivity index (χ4v) is 2.72. The van der Waals surface area contributed by atoms with Crippen molar-refractivity contribution in [1.82, 2.24) is 5.32 Å². The summed E-state index contributed by atoms with van der Waals surface area (Å²) in [6.45, 7) is 7.86. The van der Waals surface area contributed by atoms with Gasteiger partial charge in [0.15, 0.2) is 0 Å². The van der Waals surface area contributed by atoms with E-state index >= 15 is 0 Å². The third kappa shape index (κ3) is 3.21. The first-order chi connectivity index (χ1) is 6.91. The zero-order chi connectivity index (χ0) is 11.6. The fourth-order valence-electron chi connectivity index (χ4n) is 1.40. The van der Waals surface area contributed by atoms with Crippen LogP contribution in [0.15, 0.2) is 6.07 Å². The molecule has 1 atom stereocenters. The molecule has 2 nitrogen and oxygen atoms in total. The van der Waals surface area contributed by atoms with Crippen LogP contribution in [0.4, 0.5) is 0 Å². The monoisotopic (exact) mass is 245 g/mol. The molecule has 1 amide bonds. The zero-order valence-electron chi connectivity index (χ0n) is 9.43. The molecular weight excluding hydrogens is 230 g/mol. The van der Waals surface area contributed by atoms with Gasteiger partial charge in [-0.25, -0.2) is 0 Å². The molecule has 4 heteroatoms. The standard InChI is InChI=1S/C11H16ClNOS/c1-6(2)13-11(14)10(12)9-5-7(3)15-8(9)4/h5-6,10H,1-4H3,(H,13,14). The maximum Gasteiger partial charge on any atom is 0.242 e. The normalized spacial score (nSPS) is 12.9. The van der Waals surface area contributed by atoms with E-state index in [2.05, 4.69) is 5.32 Å². The molecule has 1 aromatic heterocycles. The highest BCUT2D eigenvalue weighted by molar-refractivity contribution is 7.12. The number of aryl methyl sites for hydroxylation is 2. The van der Waals surface area contributed by atoms with Crippen molar-refractivity contribution in [2.75, 3.05) is 0 Å². The molecule has 84 valence electrons. The predicted molar refractivity (Wildman–Crippen MR) is 65.7 cm³/mol. The van der Waals surface area contributed by atoms with Crippen LogP contribution in [0.25, 0.3) is 0 Å². The molecule has 1 unspecified atom stereocenters. The van der Waals surface area contributed by atoms with E-state index in [9.17, 15) is 4.79 Å². The second kappa shape index (κ2) is 4.99. The van der Waals surface area contributed by atoms with Crippen molar-refractivity contribution < 1.29 is 4.79 Å². The Morgan fingerprint density at radius 3 is 2.47 bits per heavy atom. The summed E-state index contributed by atoms with van der Waals surface area (Å²) < 4.78 is 0. The van der Waals surface area contributed by atoms with Gasteiger partial charge in [0.25, 0.3) is 0 Å². The Morgan fingerprint density at radius 2 is 2.07 bits per heavy atom. The molecule has 0 spiro atoms. The van der Waals surface area contributed by atoms with Crippen molar-refractivity contribution in [2.24, 2.45) is 0 Å². The van der Waals surface area contributed by atoms with Crippen LogP contribution in [-0.4, -0.2) is 11.9 Å². The molecule has 0 radical (unpaired) electrons. The highest BCUT2D eigenvalue weighted by Gasteiger charge is 2.21. The number of thiophene rings is 1. The first-order valence-electron chi connectivity index (χ1n) is 4.93. The van der Waals surface area contributed by atoms with Crippen LogP contribution in [0.3, 0.4) is 0 Å². The van der Waals surface area contributed by atoms with Gasteiger partial charge >= 0.3 is 0 Å². The third-order valence-corrected chi connectivity index (χ3v) is 3.43. The van der Waals surface area contributed by atoms with Crippen molar-refractivity contribution in [1.29, 1.82) is 0 Å². The fraction of sp³-hybridized carbons (Fsp3) is 0.545. The molecule has 0 bridgehead atoms. The number of hydrogen-bond acceptors (Lipinski definition) is 2. The molecule has 1 N–H and O–H groups in total. The van der Waals surface area contributed by atoms with E-state index in [0.717, 1.165) is 10.4 Å². The molecule has 0 aliphatic carbocycles. The molecule has 1 rings (SSSR count). The molecule has 0 aromatic carbocycles. The number of alkyl halides is 1. The van der Waals surface area contributed by atoms with Gasteiger partial charge in [0.1, 0.15) is 5.38 Å². The lowest BCUT2D eigenvalue weighted by molar-refractivity contribution is -0.121. The van der Waals surface area contributed by atoms with E-state index in [1.807, 2.05) is 33.8 Å². The van der Waals surface area contributed by atoms with Gasteiger partial charge in [-0.15, -0.1) is 22.9 Å². The molecule has 15 heavy (non-hydrogen) atoms. The minimum absolute atomic E-state index is 0.118. The van der Waals surface area contributed by atoms with Gasteiger partial charge in [-0.1, -0.05) is 0 Å². The molecule has 1 heterocycles. The number of amides is 1. The molecule has 0 saturated carbocycles. The number of halogens is 1. The van der Waals surface area contributed by atoms with Gasteiger partial charge in [0, 0.05) is 15.8 Å². The lowest BCUT2D eigenvalue weighted by atomic mass is 10.1. The molecular formula is C11H16ClNOS. The molecule has 1 aromatic rings. The highest BCUT2D eigenvalue weighted by Crippen LogP contribution is 2.30. The predicted octanol–water partition coefficient (Wildman–Crippen LogP) is 3.17. The van der Waals surface area contributed by atoms with Crippen molar-refractivity contribution in [3.05, 3.63) is 21.4 Å². The summed E-state index contributed by atoms with van der Waals surface area (Å²) in [7, 11) is 0. The van der Waals surface area contributed by atoms with Gasteiger partial charge in [-0.05, 0) is 39.3 Å². The highest BCUT2D eigenvalue weighted by atomic mass is 35.5. The third-order valence-electron chi connectivity index (χ3n) is 2.01. The largest absolute Gasteiger partial charge is 0.352 e. The van der Waals surface area contributed by atoms with Crippen LogP contribution < -0.4 is 5.32 Å². The average Bonchev–Trinajstić information content (AvgIpc) is 2.42. The summed E-state index contributed by atoms with van der Waals surface area (Å²) >= 11 is 7.78. The summed E-state index contributed by atoms with van der Waals surface area (Å²) in [5.74, 6) is -0.118. The van der Waals surface area contributed by atoms with Crippen LogP contribution >= 0.6 is 22.9 Å². The Morgan fingerprint density at radius 1 is 1.47 bits per heavy atom. The van der Waals surface area contributed by atoms with Crippen LogP contribution in [0.5, 0.6) is 0 Å². The number of carbonyl (C=O) groups excluding carboxylic acids is 1. The minimum Gasteiger partial charge on any atom is -0.352 e. The Labute approximate surface area is 99.6 Å². The Balaban J connectivity index is 2.80. The molecule has 0 saturated heterocycles. The van der Waals surface area contributed by atoms with Gasteiger partial charge in [0.05, 0.1) is 0 Å².